The number of oxime groups is 1. The third-order valence-corrected chi connectivity index (χ3v) is 2.54. The third kappa shape index (κ3) is 5.08. The number of carbonyl (C=O) groups is 1. The molecule has 1 amide bonds. The topological polar surface area (TPSA) is 62.1 Å². The molecule has 0 atom stereocenters. The van der Waals surface area contributed by atoms with Crippen LogP contribution in [0.25, 0.3) is 0 Å². The van der Waals surface area contributed by atoms with Crippen molar-refractivity contribution in [3.63, 3.8) is 0 Å². The van der Waals surface area contributed by atoms with Crippen molar-refractivity contribution in [2.75, 3.05) is 26.3 Å². The Labute approximate surface area is 98.0 Å². The van der Waals surface area contributed by atoms with Crippen molar-refractivity contribution >= 4 is 11.6 Å². The first-order chi connectivity index (χ1) is 8.13. The van der Waals surface area contributed by atoms with Gasteiger partial charge in [0.25, 0.3) is 6.43 Å². The number of hydrogen-bond acceptors (Lipinski definition) is 4. The number of nitrogens with zero attached hydrogens (tertiary/aromatic N) is 2. The van der Waals surface area contributed by atoms with E-state index >= 15 is 0 Å². The molecule has 1 aliphatic heterocycles. The minimum Gasteiger partial charge on any atom is -0.411 e. The van der Waals surface area contributed by atoms with Crippen LogP contribution < -0.4 is 0 Å². The molecule has 98 valence electrons. The zero-order valence-corrected chi connectivity index (χ0v) is 9.44. The van der Waals surface area contributed by atoms with Gasteiger partial charge in [-0.05, 0) is 0 Å². The van der Waals surface area contributed by atoms with Crippen LogP contribution in [0.5, 0.6) is 0 Å². The fourth-order valence-corrected chi connectivity index (χ4v) is 1.60. The van der Waals surface area contributed by atoms with Crippen molar-refractivity contribution < 1.29 is 23.5 Å². The number of amides is 1. The molecular formula is C10H16F2N2O3. The number of piperidine rings is 1. The fourth-order valence-electron chi connectivity index (χ4n) is 1.60. The van der Waals surface area contributed by atoms with Gasteiger partial charge < -0.3 is 14.8 Å². The maximum absolute atomic E-state index is 11.7. The smallest absolute Gasteiger partial charge is 0.261 e. The summed E-state index contributed by atoms with van der Waals surface area (Å²) in [4.78, 5) is 13.2. The Kier molecular flexibility index (Phi) is 5.82. The first kappa shape index (κ1) is 13.8. The van der Waals surface area contributed by atoms with Crippen LogP contribution in [0.15, 0.2) is 5.16 Å². The molecule has 0 bridgehead atoms. The minimum atomic E-state index is -2.50. The van der Waals surface area contributed by atoms with Gasteiger partial charge in [-0.1, -0.05) is 5.16 Å². The number of rotatable bonds is 5. The molecule has 1 aliphatic rings. The summed E-state index contributed by atoms with van der Waals surface area (Å²) in [5.74, 6) is -0.115. The summed E-state index contributed by atoms with van der Waals surface area (Å²) in [6.45, 7) is 0.398. The van der Waals surface area contributed by atoms with Crippen LogP contribution in [0.4, 0.5) is 8.78 Å². The lowest BCUT2D eigenvalue weighted by Gasteiger charge is -2.27. The van der Waals surface area contributed by atoms with Gasteiger partial charge in [0.2, 0.25) is 5.91 Å². The first-order valence-electron chi connectivity index (χ1n) is 5.47. The Morgan fingerprint density at radius 2 is 2.12 bits per heavy atom. The quantitative estimate of drug-likeness (QED) is 0.451. The van der Waals surface area contributed by atoms with Crippen LogP contribution in [-0.4, -0.2) is 54.5 Å². The predicted molar refractivity (Wildman–Crippen MR) is 56.5 cm³/mol. The van der Waals surface area contributed by atoms with Gasteiger partial charge in [-0.15, -0.1) is 0 Å². The summed E-state index contributed by atoms with van der Waals surface area (Å²) in [5, 5.41) is 11.6. The second-order valence-electron chi connectivity index (χ2n) is 3.76. The standard InChI is InChI=1S/C10H16F2N2O3/c11-9(12)7-17-6-3-10(15)14-4-1-8(13-16)2-5-14/h9,16H,1-7H2. The summed E-state index contributed by atoms with van der Waals surface area (Å²) in [6.07, 6.45) is -1.28. The van der Waals surface area contributed by atoms with Crippen LogP contribution in [0, 0.1) is 0 Å². The van der Waals surface area contributed by atoms with Crippen LogP contribution in [-0.2, 0) is 9.53 Å². The van der Waals surface area contributed by atoms with Gasteiger partial charge in [0, 0.05) is 25.9 Å². The van der Waals surface area contributed by atoms with E-state index in [4.69, 9.17) is 5.21 Å². The van der Waals surface area contributed by atoms with E-state index in [0.29, 0.717) is 31.6 Å². The number of alkyl halides is 2. The molecule has 0 aromatic carbocycles. The van der Waals surface area contributed by atoms with Gasteiger partial charge in [0.15, 0.2) is 0 Å². The van der Waals surface area contributed by atoms with Gasteiger partial charge in [0.05, 0.1) is 18.7 Å². The SMILES string of the molecule is O=C(CCOCC(F)F)N1CCC(=NO)CC1. The number of ether oxygens (including phenoxy) is 1. The Hall–Kier alpha value is -1.24. The first-order valence-corrected chi connectivity index (χ1v) is 5.47. The van der Waals surface area contributed by atoms with E-state index in [1.54, 1.807) is 4.90 Å². The average molecular weight is 250 g/mol. The second kappa shape index (κ2) is 7.16. The summed E-state index contributed by atoms with van der Waals surface area (Å²) >= 11 is 0. The highest BCUT2D eigenvalue weighted by atomic mass is 19.3. The summed E-state index contributed by atoms with van der Waals surface area (Å²) in [6, 6.07) is 0. The van der Waals surface area contributed by atoms with Crippen LogP contribution in [0.2, 0.25) is 0 Å². The molecule has 7 heteroatoms. The van der Waals surface area contributed by atoms with Crippen molar-refractivity contribution in [2.24, 2.45) is 5.16 Å². The van der Waals surface area contributed by atoms with Gasteiger partial charge in [0.1, 0.15) is 6.61 Å². The monoisotopic (exact) mass is 250 g/mol. The molecule has 0 aromatic rings. The van der Waals surface area contributed by atoms with Crippen molar-refractivity contribution in [1.82, 2.24) is 4.90 Å². The Balaban J connectivity index is 2.16. The molecular weight excluding hydrogens is 234 g/mol. The van der Waals surface area contributed by atoms with Gasteiger partial charge in [-0.2, -0.15) is 0 Å². The zero-order valence-electron chi connectivity index (χ0n) is 9.44. The molecule has 0 radical (unpaired) electrons. The van der Waals surface area contributed by atoms with E-state index in [-0.39, 0.29) is 18.9 Å². The Morgan fingerprint density at radius 1 is 1.47 bits per heavy atom. The van der Waals surface area contributed by atoms with Crippen LogP contribution >= 0.6 is 0 Å². The Morgan fingerprint density at radius 3 is 2.65 bits per heavy atom. The molecule has 1 saturated heterocycles. The number of halogens is 2. The minimum absolute atomic E-state index is 0.0145. The maximum atomic E-state index is 11.7. The second-order valence-corrected chi connectivity index (χ2v) is 3.76. The lowest BCUT2D eigenvalue weighted by Crippen LogP contribution is -2.39. The highest BCUT2D eigenvalue weighted by Gasteiger charge is 2.19. The van der Waals surface area contributed by atoms with Gasteiger partial charge in [-0.3, -0.25) is 4.79 Å². The van der Waals surface area contributed by atoms with E-state index in [9.17, 15) is 13.6 Å². The maximum Gasteiger partial charge on any atom is 0.261 e. The number of likely N-dealkylation sites (tertiary alicyclic amines) is 1. The van der Waals surface area contributed by atoms with Crippen molar-refractivity contribution in [3.05, 3.63) is 0 Å². The molecule has 0 spiro atoms. The van der Waals surface area contributed by atoms with E-state index < -0.39 is 13.0 Å². The fraction of sp³-hybridized carbons (Fsp3) is 0.800. The van der Waals surface area contributed by atoms with Crippen LogP contribution in [0.1, 0.15) is 19.3 Å². The number of hydrogen-bond donors (Lipinski definition) is 1. The summed E-state index contributed by atoms with van der Waals surface area (Å²) in [7, 11) is 0. The van der Waals surface area contributed by atoms with Crippen LogP contribution in [0.3, 0.4) is 0 Å². The van der Waals surface area contributed by atoms with Gasteiger partial charge in [-0.25, -0.2) is 8.78 Å². The predicted octanol–water partition coefficient (Wildman–Crippen LogP) is 1.11. The molecule has 1 fully saturated rings. The summed E-state index contributed by atoms with van der Waals surface area (Å²) in [5.41, 5.74) is 0.683. The zero-order chi connectivity index (χ0) is 12.7. The van der Waals surface area contributed by atoms with E-state index in [1.165, 1.54) is 0 Å². The van der Waals surface area contributed by atoms with E-state index in [1.807, 2.05) is 0 Å². The molecule has 1 heterocycles. The molecule has 0 unspecified atom stereocenters. The van der Waals surface area contributed by atoms with E-state index in [0.717, 1.165) is 0 Å². The highest BCUT2D eigenvalue weighted by Crippen LogP contribution is 2.08. The summed E-state index contributed by atoms with van der Waals surface area (Å²) < 4.78 is 28.1. The van der Waals surface area contributed by atoms with E-state index in [2.05, 4.69) is 9.89 Å². The molecule has 0 aromatic heterocycles. The largest absolute Gasteiger partial charge is 0.411 e. The van der Waals surface area contributed by atoms with Crippen molar-refractivity contribution in [1.29, 1.82) is 0 Å². The average Bonchev–Trinajstić information content (AvgIpc) is 2.34. The van der Waals surface area contributed by atoms with Gasteiger partial charge >= 0.3 is 0 Å². The molecule has 0 aliphatic carbocycles. The molecule has 17 heavy (non-hydrogen) atoms. The van der Waals surface area contributed by atoms with Crippen molar-refractivity contribution in [3.8, 4) is 0 Å². The molecule has 5 nitrogen and oxygen atoms in total. The lowest BCUT2D eigenvalue weighted by molar-refractivity contribution is -0.132. The lowest BCUT2D eigenvalue weighted by atomic mass is 10.1. The molecule has 1 rings (SSSR count). The highest BCUT2D eigenvalue weighted by molar-refractivity contribution is 5.87. The molecule has 1 N–H and O–H groups in total. The molecule has 0 saturated carbocycles. The normalized spacial score (nSPS) is 16.4. The Bertz CT molecular complexity index is 275. The van der Waals surface area contributed by atoms with Crippen molar-refractivity contribution in [2.45, 2.75) is 25.7 Å². The number of carbonyl (C=O) groups excluding carboxylic acids is 1. The third-order valence-electron chi connectivity index (χ3n) is 2.54.